The highest BCUT2D eigenvalue weighted by Gasteiger charge is 2.36. The lowest BCUT2D eigenvalue weighted by molar-refractivity contribution is -0.133. The second-order valence-electron chi connectivity index (χ2n) is 7.91. The molecule has 2 aliphatic rings. The summed E-state index contributed by atoms with van der Waals surface area (Å²) in [6.45, 7) is 0. The molecule has 5 rings (SSSR count). The van der Waals surface area contributed by atoms with E-state index in [0.29, 0.717) is 16.9 Å². The van der Waals surface area contributed by atoms with Crippen LogP contribution in [-0.2, 0) is 14.4 Å². The molecule has 0 saturated carbocycles. The first kappa shape index (κ1) is 23.2. The topological polar surface area (TPSA) is 88.1 Å². The average molecular weight is 502 g/mol. The van der Waals surface area contributed by atoms with Gasteiger partial charge in [-0.2, -0.15) is 0 Å². The minimum absolute atomic E-state index is 0.0415. The Morgan fingerprint density at radius 3 is 2.50 bits per heavy atom. The van der Waals surface area contributed by atoms with Crippen LogP contribution in [0.15, 0.2) is 83.5 Å². The number of carbonyl (C=O) groups is 3. The first-order valence-electron chi connectivity index (χ1n) is 10.8. The zero-order chi connectivity index (χ0) is 25.4. The molecule has 9 heteroatoms. The predicted octanol–water partition coefficient (Wildman–Crippen LogP) is 4.68. The van der Waals surface area contributed by atoms with Gasteiger partial charge in [0.25, 0.3) is 17.7 Å². The molecule has 178 valence electrons. The van der Waals surface area contributed by atoms with Gasteiger partial charge in [-0.05, 0) is 35.9 Å². The Labute approximate surface area is 210 Å². The lowest BCUT2D eigenvalue weighted by atomic mass is 10.1. The van der Waals surface area contributed by atoms with Crippen molar-refractivity contribution in [3.63, 3.8) is 0 Å². The van der Waals surface area contributed by atoms with Crippen molar-refractivity contribution < 1.29 is 23.5 Å². The number of hydrogen-bond donors (Lipinski definition) is 1. The van der Waals surface area contributed by atoms with Gasteiger partial charge in [0.15, 0.2) is 5.84 Å². The number of aliphatic imine (C=N–C) groups is 1. The fourth-order valence-electron chi connectivity index (χ4n) is 3.88. The number of amides is 3. The van der Waals surface area contributed by atoms with Crippen molar-refractivity contribution in [2.24, 2.45) is 4.99 Å². The van der Waals surface area contributed by atoms with Gasteiger partial charge < -0.3 is 10.1 Å². The molecule has 7 nitrogen and oxygen atoms in total. The highest BCUT2D eigenvalue weighted by Crippen LogP contribution is 2.35. The Balaban J connectivity index is 1.55. The number of nitrogens with one attached hydrogen (secondary N) is 1. The molecule has 1 N–H and O–H groups in total. The summed E-state index contributed by atoms with van der Waals surface area (Å²) >= 11 is 5.81. The van der Waals surface area contributed by atoms with E-state index in [1.165, 1.54) is 6.07 Å². The number of rotatable bonds is 4. The summed E-state index contributed by atoms with van der Waals surface area (Å²) in [5, 5.41) is 2.39. The first-order chi connectivity index (χ1) is 17.4. The maximum absolute atomic E-state index is 14.1. The molecule has 0 saturated heterocycles. The molecule has 0 aromatic heterocycles. The van der Waals surface area contributed by atoms with Crippen molar-refractivity contribution in [2.45, 2.75) is 0 Å². The van der Waals surface area contributed by atoms with Gasteiger partial charge in [-0.3, -0.25) is 14.4 Å². The number of anilines is 1. The Morgan fingerprint density at radius 1 is 1.08 bits per heavy atom. The van der Waals surface area contributed by atoms with Gasteiger partial charge in [-0.25, -0.2) is 14.3 Å². The van der Waals surface area contributed by atoms with Crippen LogP contribution in [-0.4, -0.2) is 35.6 Å². The van der Waals surface area contributed by atoms with Crippen molar-refractivity contribution in [3.8, 4) is 5.75 Å². The highest BCUT2D eigenvalue weighted by molar-refractivity contribution is 6.38. The fourth-order valence-corrected chi connectivity index (χ4v) is 4.04. The standard InChI is InChI=1S/C27H17ClFN3O4/c1-36-17-9-7-15(8-10-17)11-23-27(35)32(25(30-23)16-5-3-2-4-6-16)24(33)13-19-18-12-21(29)20(28)14-22(18)31-26(19)34/h2-14H,1H3,(H,31,34)/b19-13-,23-11+. The maximum Gasteiger partial charge on any atom is 0.285 e. The van der Waals surface area contributed by atoms with Gasteiger partial charge in [0, 0.05) is 17.2 Å². The second kappa shape index (κ2) is 9.24. The fraction of sp³-hybridized carbons (Fsp3) is 0.0370. The number of carbonyl (C=O) groups excluding carboxylic acids is 3. The molecule has 3 aromatic rings. The number of methoxy groups -OCH3 is 1. The Hall–Kier alpha value is -4.56. The molecular formula is C27H17ClFN3O4. The minimum Gasteiger partial charge on any atom is -0.497 e. The van der Waals surface area contributed by atoms with Gasteiger partial charge in [-0.15, -0.1) is 0 Å². The van der Waals surface area contributed by atoms with Crippen molar-refractivity contribution in [1.29, 1.82) is 0 Å². The number of halogens is 2. The van der Waals surface area contributed by atoms with Gasteiger partial charge in [-0.1, -0.05) is 54.1 Å². The Bertz CT molecular complexity index is 1510. The number of fused-ring (bicyclic) bond motifs is 1. The molecular weight excluding hydrogens is 485 g/mol. The number of amidine groups is 1. The molecule has 0 atom stereocenters. The maximum atomic E-state index is 14.1. The van der Waals surface area contributed by atoms with Gasteiger partial charge in [0.2, 0.25) is 0 Å². The zero-order valence-electron chi connectivity index (χ0n) is 18.8. The van der Waals surface area contributed by atoms with Gasteiger partial charge in [0.1, 0.15) is 17.3 Å². The Kier molecular flexibility index (Phi) is 5.95. The summed E-state index contributed by atoms with van der Waals surface area (Å²) in [7, 11) is 1.55. The smallest absolute Gasteiger partial charge is 0.285 e. The average Bonchev–Trinajstić information content (AvgIpc) is 3.36. The van der Waals surface area contributed by atoms with E-state index in [0.717, 1.165) is 17.0 Å². The van der Waals surface area contributed by atoms with Gasteiger partial charge >= 0.3 is 0 Å². The van der Waals surface area contributed by atoms with Crippen LogP contribution in [0, 0.1) is 5.82 Å². The molecule has 2 aliphatic heterocycles. The SMILES string of the molecule is COc1ccc(/C=C2/N=C(c3ccccc3)N(C(=O)/C=C3\C(=O)Nc4cc(Cl)c(F)cc43)C2=O)cc1. The zero-order valence-corrected chi connectivity index (χ0v) is 19.5. The quantitative estimate of drug-likeness (QED) is 0.526. The highest BCUT2D eigenvalue weighted by atomic mass is 35.5. The van der Waals surface area contributed by atoms with Crippen molar-refractivity contribution in [3.05, 3.63) is 106 Å². The van der Waals surface area contributed by atoms with E-state index < -0.39 is 23.5 Å². The second-order valence-corrected chi connectivity index (χ2v) is 8.31. The van der Waals surface area contributed by atoms with Crippen LogP contribution < -0.4 is 10.1 Å². The van der Waals surface area contributed by atoms with E-state index in [2.05, 4.69) is 10.3 Å². The third-order valence-electron chi connectivity index (χ3n) is 5.64. The molecule has 0 aliphatic carbocycles. The van der Waals surface area contributed by atoms with Crippen LogP contribution in [0.1, 0.15) is 16.7 Å². The molecule has 0 radical (unpaired) electrons. The molecule has 2 heterocycles. The van der Waals surface area contributed by atoms with E-state index in [1.54, 1.807) is 67.8 Å². The van der Waals surface area contributed by atoms with Crippen molar-refractivity contribution in [1.82, 2.24) is 4.90 Å². The summed E-state index contributed by atoms with van der Waals surface area (Å²) in [6.07, 6.45) is 2.56. The van der Waals surface area contributed by atoms with Crippen LogP contribution in [0.5, 0.6) is 5.75 Å². The van der Waals surface area contributed by atoms with Crippen LogP contribution in [0.4, 0.5) is 10.1 Å². The molecule has 0 unspecified atom stereocenters. The summed E-state index contributed by atoms with van der Waals surface area (Å²) in [5.41, 5.74) is 1.62. The first-order valence-corrected chi connectivity index (χ1v) is 11.1. The summed E-state index contributed by atoms with van der Waals surface area (Å²) in [6, 6.07) is 18.0. The van der Waals surface area contributed by atoms with E-state index in [-0.39, 0.29) is 33.4 Å². The Morgan fingerprint density at radius 2 is 1.81 bits per heavy atom. The van der Waals surface area contributed by atoms with Crippen molar-refractivity contribution in [2.75, 3.05) is 12.4 Å². The number of imide groups is 1. The third kappa shape index (κ3) is 4.18. The largest absolute Gasteiger partial charge is 0.497 e. The molecule has 3 aromatic carbocycles. The van der Waals surface area contributed by atoms with Crippen LogP contribution in [0.25, 0.3) is 11.6 Å². The van der Waals surface area contributed by atoms with Crippen molar-refractivity contribution >= 4 is 52.5 Å². The molecule has 36 heavy (non-hydrogen) atoms. The molecule has 0 bridgehead atoms. The summed E-state index contributed by atoms with van der Waals surface area (Å²) in [4.78, 5) is 44.6. The van der Waals surface area contributed by atoms with Crippen LogP contribution in [0.2, 0.25) is 5.02 Å². The molecule has 3 amide bonds. The van der Waals surface area contributed by atoms with Crippen LogP contribution in [0.3, 0.4) is 0 Å². The predicted molar refractivity (Wildman–Crippen MR) is 134 cm³/mol. The van der Waals surface area contributed by atoms with E-state index in [9.17, 15) is 18.8 Å². The van der Waals surface area contributed by atoms with E-state index in [4.69, 9.17) is 16.3 Å². The molecule has 0 spiro atoms. The lowest BCUT2D eigenvalue weighted by Gasteiger charge is -2.15. The minimum atomic E-state index is -0.797. The number of nitrogens with zero attached hydrogens (tertiary/aromatic N) is 2. The summed E-state index contributed by atoms with van der Waals surface area (Å²) < 4.78 is 19.2. The molecule has 0 fully saturated rings. The lowest BCUT2D eigenvalue weighted by Crippen LogP contribution is -2.37. The normalized spacial score (nSPS) is 16.9. The van der Waals surface area contributed by atoms with E-state index >= 15 is 0 Å². The number of hydrogen-bond acceptors (Lipinski definition) is 5. The summed E-state index contributed by atoms with van der Waals surface area (Å²) in [5.74, 6) is -2.04. The third-order valence-corrected chi connectivity index (χ3v) is 5.93. The number of benzene rings is 3. The monoisotopic (exact) mass is 501 g/mol. The van der Waals surface area contributed by atoms with E-state index in [1.807, 2.05) is 0 Å². The van der Waals surface area contributed by atoms with Gasteiger partial charge in [0.05, 0.1) is 23.4 Å². The number of ether oxygens (including phenoxy) is 1. The van der Waals surface area contributed by atoms with Crippen LogP contribution >= 0.6 is 11.6 Å².